The smallest absolute Gasteiger partial charge is 0.0641 e. The normalized spacial score (nSPS) is 16.8. The maximum Gasteiger partial charge on any atom is 0.0641 e. The van der Waals surface area contributed by atoms with E-state index in [4.69, 9.17) is 4.74 Å². The van der Waals surface area contributed by atoms with Crippen molar-refractivity contribution in [3.05, 3.63) is 17.0 Å². The summed E-state index contributed by atoms with van der Waals surface area (Å²) in [6.07, 6.45) is 8.25. The lowest BCUT2D eigenvalue weighted by molar-refractivity contribution is 0.0273. The highest BCUT2D eigenvalue weighted by molar-refractivity contribution is 5.23. The van der Waals surface area contributed by atoms with Gasteiger partial charge in [-0.2, -0.15) is 5.10 Å². The van der Waals surface area contributed by atoms with Crippen LogP contribution in [-0.4, -0.2) is 29.0 Å². The molecule has 4 heteroatoms. The molecule has 0 atom stereocenters. The quantitative estimate of drug-likeness (QED) is 0.780. The van der Waals surface area contributed by atoms with Crippen molar-refractivity contribution in [2.24, 2.45) is 7.05 Å². The molecule has 1 aromatic rings. The van der Waals surface area contributed by atoms with Gasteiger partial charge in [0, 0.05) is 31.5 Å². The van der Waals surface area contributed by atoms with E-state index in [1.54, 1.807) is 0 Å². The predicted octanol–water partition coefficient (Wildman–Crippen LogP) is 2.87. The van der Waals surface area contributed by atoms with Gasteiger partial charge in [0.05, 0.1) is 11.8 Å². The first-order valence-corrected chi connectivity index (χ1v) is 8.00. The lowest BCUT2D eigenvalue weighted by Gasteiger charge is -2.21. The number of nitrogens with zero attached hydrogens (tertiary/aromatic N) is 2. The number of hydrogen-bond donors (Lipinski definition) is 1. The van der Waals surface area contributed by atoms with Gasteiger partial charge >= 0.3 is 0 Å². The summed E-state index contributed by atoms with van der Waals surface area (Å²) in [6, 6.07) is 0. The minimum atomic E-state index is 0.534. The molecule has 1 N–H and O–H groups in total. The Labute approximate surface area is 122 Å². The van der Waals surface area contributed by atoms with Crippen molar-refractivity contribution in [2.45, 2.75) is 65.0 Å². The van der Waals surface area contributed by atoms with Crippen LogP contribution in [0.4, 0.5) is 0 Å². The van der Waals surface area contributed by atoms with E-state index in [2.05, 4.69) is 24.3 Å². The van der Waals surface area contributed by atoms with Gasteiger partial charge in [0.1, 0.15) is 0 Å². The van der Waals surface area contributed by atoms with Crippen LogP contribution in [0.25, 0.3) is 0 Å². The number of ether oxygens (including phenoxy) is 1. The summed E-state index contributed by atoms with van der Waals surface area (Å²) in [6.45, 7) is 7.03. The molecule has 1 aliphatic rings. The van der Waals surface area contributed by atoms with Crippen molar-refractivity contribution < 1.29 is 4.74 Å². The molecular weight excluding hydrogens is 250 g/mol. The molecule has 114 valence electrons. The molecule has 1 aromatic heterocycles. The zero-order valence-corrected chi connectivity index (χ0v) is 13.2. The van der Waals surface area contributed by atoms with Crippen LogP contribution in [0, 0.1) is 13.8 Å². The van der Waals surface area contributed by atoms with Crippen molar-refractivity contribution in [3.8, 4) is 0 Å². The highest BCUT2D eigenvalue weighted by Gasteiger charge is 2.13. The molecule has 1 fully saturated rings. The van der Waals surface area contributed by atoms with Gasteiger partial charge < -0.3 is 10.1 Å². The van der Waals surface area contributed by atoms with Gasteiger partial charge in [0.25, 0.3) is 0 Å². The van der Waals surface area contributed by atoms with Gasteiger partial charge in [0.15, 0.2) is 0 Å². The SMILES string of the molecule is Cc1nn(C)c(C)c1CNCCCOC1CCCCC1. The van der Waals surface area contributed by atoms with Crippen LogP contribution in [0.15, 0.2) is 0 Å². The lowest BCUT2D eigenvalue weighted by Crippen LogP contribution is -2.21. The summed E-state index contributed by atoms with van der Waals surface area (Å²) in [4.78, 5) is 0. The topological polar surface area (TPSA) is 39.1 Å². The second-order valence-corrected chi connectivity index (χ2v) is 5.93. The first-order valence-electron chi connectivity index (χ1n) is 8.00. The maximum atomic E-state index is 5.93. The Morgan fingerprint density at radius 3 is 2.65 bits per heavy atom. The number of nitrogens with one attached hydrogen (secondary N) is 1. The van der Waals surface area contributed by atoms with E-state index >= 15 is 0 Å². The molecule has 0 radical (unpaired) electrons. The summed E-state index contributed by atoms with van der Waals surface area (Å²) >= 11 is 0. The van der Waals surface area contributed by atoms with Crippen molar-refractivity contribution in [2.75, 3.05) is 13.2 Å². The predicted molar refractivity (Wildman–Crippen MR) is 81.8 cm³/mol. The molecule has 0 aromatic carbocycles. The van der Waals surface area contributed by atoms with Gasteiger partial charge in [-0.15, -0.1) is 0 Å². The number of rotatable bonds is 7. The fourth-order valence-electron chi connectivity index (χ4n) is 2.97. The summed E-state index contributed by atoms with van der Waals surface area (Å²) in [5.41, 5.74) is 3.73. The van der Waals surface area contributed by atoms with E-state index in [1.807, 2.05) is 11.7 Å². The highest BCUT2D eigenvalue weighted by atomic mass is 16.5. The fourth-order valence-corrected chi connectivity index (χ4v) is 2.97. The van der Waals surface area contributed by atoms with Gasteiger partial charge in [-0.05, 0) is 39.7 Å². The van der Waals surface area contributed by atoms with Crippen LogP contribution in [-0.2, 0) is 18.3 Å². The minimum absolute atomic E-state index is 0.534. The molecule has 1 saturated carbocycles. The minimum Gasteiger partial charge on any atom is -0.378 e. The van der Waals surface area contributed by atoms with E-state index in [-0.39, 0.29) is 0 Å². The number of hydrogen-bond acceptors (Lipinski definition) is 3. The van der Waals surface area contributed by atoms with Crippen LogP contribution in [0.3, 0.4) is 0 Å². The molecule has 0 amide bonds. The van der Waals surface area contributed by atoms with Crippen LogP contribution in [0.2, 0.25) is 0 Å². The fraction of sp³-hybridized carbons (Fsp3) is 0.812. The monoisotopic (exact) mass is 279 g/mol. The van der Waals surface area contributed by atoms with Gasteiger partial charge in [-0.1, -0.05) is 19.3 Å². The standard InChI is InChI=1S/C16H29N3O/c1-13-16(14(2)19(3)18-13)12-17-10-7-11-20-15-8-5-4-6-9-15/h15,17H,4-12H2,1-3H3. The molecular formula is C16H29N3O. The van der Waals surface area contributed by atoms with E-state index in [0.717, 1.165) is 31.8 Å². The highest BCUT2D eigenvalue weighted by Crippen LogP contribution is 2.20. The molecule has 2 rings (SSSR count). The Bertz CT molecular complexity index is 408. The third kappa shape index (κ3) is 4.32. The Morgan fingerprint density at radius 1 is 1.25 bits per heavy atom. The van der Waals surface area contributed by atoms with Crippen LogP contribution < -0.4 is 5.32 Å². The number of aryl methyl sites for hydroxylation is 2. The van der Waals surface area contributed by atoms with Gasteiger partial charge in [-0.3, -0.25) is 4.68 Å². The van der Waals surface area contributed by atoms with Crippen LogP contribution in [0.1, 0.15) is 55.5 Å². The van der Waals surface area contributed by atoms with Crippen LogP contribution in [0.5, 0.6) is 0 Å². The van der Waals surface area contributed by atoms with Crippen molar-refractivity contribution in [1.29, 1.82) is 0 Å². The lowest BCUT2D eigenvalue weighted by atomic mass is 9.98. The molecule has 0 bridgehead atoms. The van der Waals surface area contributed by atoms with Crippen molar-refractivity contribution in [1.82, 2.24) is 15.1 Å². The van der Waals surface area contributed by atoms with Gasteiger partial charge in [0.2, 0.25) is 0 Å². The second-order valence-electron chi connectivity index (χ2n) is 5.93. The van der Waals surface area contributed by atoms with E-state index < -0.39 is 0 Å². The molecule has 1 heterocycles. The average Bonchev–Trinajstić information content (AvgIpc) is 2.69. The molecule has 0 unspecified atom stereocenters. The molecule has 0 aliphatic heterocycles. The zero-order valence-electron chi connectivity index (χ0n) is 13.2. The Balaban J connectivity index is 1.57. The van der Waals surface area contributed by atoms with E-state index in [1.165, 1.54) is 43.4 Å². The first-order chi connectivity index (χ1) is 9.68. The third-order valence-electron chi connectivity index (χ3n) is 4.36. The average molecular weight is 279 g/mol. The zero-order chi connectivity index (χ0) is 14.4. The first kappa shape index (κ1) is 15.5. The third-order valence-corrected chi connectivity index (χ3v) is 4.36. The number of aromatic nitrogens is 2. The largest absolute Gasteiger partial charge is 0.378 e. The van der Waals surface area contributed by atoms with Crippen LogP contribution >= 0.6 is 0 Å². The Hall–Kier alpha value is -0.870. The summed E-state index contributed by atoms with van der Waals surface area (Å²) in [5, 5.41) is 7.94. The molecule has 20 heavy (non-hydrogen) atoms. The molecule has 0 spiro atoms. The van der Waals surface area contributed by atoms with Crippen molar-refractivity contribution >= 4 is 0 Å². The summed E-state index contributed by atoms with van der Waals surface area (Å²) in [5.74, 6) is 0. The molecule has 4 nitrogen and oxygen atoms in total. The summed E-state index contributed by atoms with van der Waals surface area (Å²) < 4.78 is 7.89. The van der Waals surface area contributed by atoms with E-state index in [9.17, 15) is 0 Å². The molecule has 1 aliphatic carbocycles. The maximum absolute atomic E-state index is 5.93. The summed E-state index contributed by atoms with van der Waals surface area (Å²) in [7, 11) is 2.00. The van der Waals surface area contributed by atoms with E-state index in [0.29, 0.717) is 6.10 Å². The van der Waals surface area contributed by atoms with Crippen molar-refractivity contribution in [3.63, 3.8) is 0 Å². The Kier molecular flexibility index (Phi) is 6.05. The Morgan fingerprint density at radius 2 is 2.00 bits per heavy atom. The second kappa shape index (κ2) is 7.79. The molecule has 0 saturated heterocycles. The van der Waals surface area contributed by atoms with Gasteiger partial charge in [-0.25, -0.2) is 0 Å².